The SMILES string of the molecule is Cc1noc(COc2ccc(C(C)N)cc2Cl)n1. The van der Waals surface area contributed by atoms with Crippen LogP contribution >= 0.6 is 11.6 Å². The molecule has 0 aliphatic heterocycles. The third-order valence-corrected chi connectivity index (χ3v) is 2.70. The number of hydrogen-bond donors (Lipinski definition) is 1. The first-order chi connectivity index (χ1) is 8.56. The summed E-state index contributed by atoms with van der Waals surface area (Å²) in [6.07, 6.45) is 0. The molecular weight excluding hydrogens is 254 g/mol. The molecule has 0 aliphatic rings. The second-order valence-electron chi connectivity index (χ2n) is 4.00. The van der Waals surface area contributed by atoms with Crippen molar-refractivity contribution in [2.24, 2.45) is 5.73 Å². The van der Waals surface area contributed by atoms with Gasteiger partial charge in [-0.25, -0.2) is 0 Å². The van der Waals surface area contributed by atoms with E-state index in [-0.39, 0.29) is 12.6 Å². The minimum atomic E-state index is -0.0601. The van der Waals surface area contributed by atoms with E-state index in [1.165, 1.54) is 0 Å². The number of ether oxygens (including phenoxy) is 1. The summed E-state index contributed by atoms with van der Waals surface area (Å²) in [5.74, 6) is 1.56. The highest BCUT2D eigenvalue weighted by Crippen LogP contribution is 2.27. The normalized spacial score (nSPS) is 12.4. The smallest absolute Gasteiger partial charge is 0.264 e. The Kier molecular flexibility index (Phi) is 3.84. The fourth-order valence-electron chi connectivity index (χ4n) is 1.46. The predicted octanol–water partition coefficient (Wildman–Crippen LogP) is 2.63. The monoisotopic (exact) mass is 267 g/mol. The molecule has 0 fully saturated rings. The Labute approximate surface area is 110 Å². The number of aryl methyl sites for hydroxylation is 1. The summed E-state index contributed by atoms with van der Waals surface area (Å²) >= 11 is 6.10. The van der Waals surface area contributed by atoms with Crippen LogP contribution in [-0.2, 0) is 6.61 Å². The molecule has 1 aromatic heterocycles. The number of nitrogens with zero attached hydrogens (tertiary/aromatic N) is 2. The molecule has 0 saturated heterocycles. The number of benzene rings is 1. The predicted molar refractivity (Wildman–Crippen MR) is 67.4 cm³/mol. The van der Waals surface area contributed by atoms with Crippen molar-refractivity contribution in [2.45, 2.75) is 26.5 Å². The van der Waals surface area contributed by atoms with Crippen molar-refractivity contribution < 1.29 is 9.26 Å². The van der Waals surface area contributed by atoms with Gasteiger partial charge in [-0.1, -0.05) is 22.8 Å². The van der Waals surface area contributed by atoms with Gasteiger partial charge in [-0.15, -0.1) is 0 Å². The van der Waals surface area contributed by atoms with E-state index in [9.17, 15) is 0 Å². The van der Waals surface area contributed by atoms with Gasteiger partial charge in [-0.2, -0.15) is 4.98 Å². The minimum absolute atomic E-state index is 0.0601. The van der Waals surface area contributed by atoms with Crippen LogP contribution in [0, 0.1) is 6.92 Å². The number of nitrogens with two attached hydrogens (primary N) is 1. The van der Waals surface area contributed by atoms with E-state index in [1.54, 1.807) is 19.1 Å². The highest BCUT2D eigenvalue weighted by molar-refractivity contribution is 6.32. The summed E-state index contributed by atoms with van der Waals surface area (Å²) < 4.78 is 10.4. The molecule has 1 unspecified atom stereocenters. The van der Waals surface area contributed by atoms with Gasteiger partial charge in [0.25, 0.3) is 5.89 Å². The van der Waals surface area contributed by atoms with E-state index in [2.05, 4.69) is 10.1 Å². The van der Waals surface area contributed by atoms with Crippen LogP contribution in [0.15, 0.2) is 22.7 Å². The lowest BCUT2D eigenvalue weighted by Crippen LogP contribution is -2.05. The lowest BCUT2D eigenvalue weighted by Gasteiger charge is -2.09. The standard InChI is InChI=1S/C12H14ClN3O2/c1-7(14)9-3-4-11(10(13)5-9)17-6-12-15-8(2)16-18-12/h3-5,7H,6,14H2,1-2H3. The zero-order valence-corrected chi connectivity index (χ0v) is 10.9. The van der Waals surface area contributed by atoms with Crippen LogP contribution in [0.3, 0.4) is 0 Å². The molecule has 6 heteroatoms. The molecule has 2 rings (SSSR count). The molecule has 0 saturated carbocycles. The van der Waals surface area contributed by atoms with Gasteiger partial charge in [0.15, 0.2) is 12.4 Å². The maximum atomic E-state index is 6.10. The van der Waals surface area contributed by atoms with Crippen molar-refractivity contribution in [1.29, 1.82) is 0 Å². The second-order valence-corrected chi connectivity index (χ2v) is 4.41. The van der Waals surface area contributed by atoms with Crippen LogP contribution in [-0.4, -0.2) is 10.1 Å². The number of halogens is 1. The molecule has 0 amide bonds. The number of aromatic nitrogens is 2. The molecule has 0 bridgehead atoms. The molecule has 1 aromatic carbocycles. The average Bonchev–Trinajstić information content (AvgIpc) is 2.73. The van der Waals surface area contributed by atoms with Crippen LogP contribution in [0.25, 0.3) is 0 Å². The third kappa shape index (κ3) is 3.00. The fraction of sp³-hybridized carbons (Fsp3) is 0.333. The van der Waals surface area contributed by atoms with E-state index in [0.717, 1.165) is 5.56 Å². The quantitative estimate of drug-likeness (QED) is 0.922. The summed E-state index contributed by atoms with van der Waals surface area (Å²) in [6, 6.07) is 5.39. The molecule has 2 N–H and O–H groups in total. The van der Waals surface area contributed by atoms with Crippen molar-refractivity contribution in [3.8, 4) is 5.75 Å². The Hall–Kier alpha value is -1.59. The van der Waals surface area contributed by atoms with Crippen LogP contribution in [0.4, 0.5) is 0 Å². The van der Waals surface area contributed by atoms with Crippen LogP contribution in [0.1, 0.15) is 30.2 Å². The largest absolute Gasteiger partial charge is 0.482 e. The lowest BCUT2D eigenvalue weighted by atomic mass is 10.1. The van der Waals surface area contributed by atoms with Gasteiger partial charge in [-0.05, 0) is 31.5 Å². The molecule has 0 aliphatic carbocycles. The van der Waals surface area contributed by atoms with Crippen molar-refractivity contribution in [1.82, 2.24) is 10.1 Å². The summed E-state index contributed by atoms with van der Waals surface area (Å²) in [5, 5.41) is 4.19. The molecule has 0 radical (unpaired) electrons. The summed E-state index contributed by atoms with van der Waals surface area (Å²) in [7, 11) is 0. The van der Waals surface area contributed by atoms with E-state index in [1.807, 2.05) is 13.0 Å². The Morgan fingerprint density at radius 1 is 1.50 bits per heavy atom. The van der Waals surface area contributed by atoms with Crippen LogP contribution in [0.2, 0.25) is 5.02 Å². The van der Waals surface area contributed by atoms with Crippen LogP contribution < -0.4 is 10.5 Å². The molecular formula is C12H14ClN3O2. The van der Waals surface area contributed by atoms with E-state index in [0.29, 0.717) is 22.5 Å². The Morgan fingerprint density at radius 2 is 2.28 bits per heavy atom. The van der Waals surface area contributed by atoms with E-state index < -0.39 is 0 Å². The maximum absolute atomic E-state index is 6.10. The molecule has 5 nitrogen and oxygen atoms in total. The first-order valence-corrected chi connectivity index (χ1v) is 5.91. The summed E-state index contributed by atoms with van der Waals surface area (Å²) in [5.41, 5.74) is 6.73. The minimum Gasteiger partial charge on any atom is -0.482 e. The lowest BCUT2D eigenvalue weighted by molar-refractivity contribution is 0.242. The van der Waals surface area contributed by atoms with Gasteiger partial charge in [0.05, 0.1) is 5.02 Å². The third-order valence-electron chi connectivity index (χ3n) is 2.40. The number of rotatable bonds is 4. The van der Waals surface area contributed by atoms with Gasteiger partial charge in [0.2, 0.25) is 0 Å². The maximum Gasteiger partial charge on any atom is 0.264 e. The zero-order chi connectivity index (χ0) is 13.1. The number of hydrogen-bond acceptors (Lipinski definition) is 5. The molecule has 96 valence electrons. The Morgan fingerprint density at radius 3 is 2.83 bits per heavy atom. The van der Waals surface area contributed by atoms with Crippen molar-refractivity contribution >= 4 is 11.6 Å². The first-order valence-electron chi connectivity index (χ1n) is 5.53. The van der Waals surface area contributed by atoms with Gasteiger partial charge >= 0.3 is 0 Å². The highest BCUT2D eigenvalue weighted by atomic mass is 35.5. The van der Waals surface area contributed by atoms with Crippen molar-refractivity contribution in [3.63, 3.8) is 0 Å². The first kappa shape index (κ1) is 12.9. The second kappa shape index (κ2) is 5.37. The molecule has 2 aromatic rings. The average molecular weight is 268 g/mol. The fourth-order valence-corrected chi connectivity index (χ4v) is 1.70. The van der Waals surface area contributed by atoms with Crippen molar-refractivity contribution in [2.75, 3.05) is 0 Å². The molecule has 0 spiro atoms. The zero-order valence-electron chi connectivity index (χ0n) is 10.2. The topological polar surface area (TPSA) is 74.2 Å². The summed E-state index contributed by atoms with van der Waals surface area (Å²) in [4.78, 5) is 4.04. The Bertz CT molecular complexity index is 540. The van der Waals surface area contributed by atoms with Gasteiger partial charge in [0.1, 0.15) is 5.75 Å². The highest BCUT2D eigenvalue weighted by Gasteiger charge is 2.08. The van der Waals surface area contributed by atoms with Crippen LogP contribution in [0.5, 0.6) is 5.75 Å². The van der Waals surface area contributed by atoms with Gasteiger partial charge < -0.3 is 15.0 Å². The van der Waals surface area contributed by atoms with E-state index >= 15 is 0 Å². The summed E-state index contributed by atoms with van der Waals surface area (Å²) in [6.45, 7) is 3.84. The van der Waals surface area contributed by atoms with E-state index in [4.69, 9.17) is 26.6 Å². The van der Waals surface area contributed by atoms with Crippen molar-refractivity contribution in [3.05, 3.63) is 40.5 Å². The Balaban J connectivity index is 2.05. The molecule has 18 heavy (non-hydrogen) atoms. The van der Waals surface area contributed by atoms with Gasteiger partial charge in [0, 0.05) is 6.04 Å². The molecule has 1 atom stereocenters. The van der Waals surface area contributed by atoms with Gasteiger partial charge in [-0.3, -0.25) is 0 Å². The molecule has 1 heterocycles.